The summed E-state index contributed by atoms with van der Waals surface area (Å²) in [7, 11) is 2.15. The maximum Gasteiger partial charge on any atom is 0.414 e. The van der Waals surface area contributed by atoms with Crippen LogP contribution in [0.25, 0.3) is 0 Å². The fourth-order valence-corrected chi connectivity index (χ4v) is 2.87. The fourth-order valence-electron chi connectivity index (χ4n) is 2.87. The zero-order chi connectivity index (χ0) is 18.2. The Morgan fingerprint density at radius 1 is 1.36 bits per heavy atom. The van der Waals surface area contributed by atoms with Crippen molar-refractivity contribution in [3.63, 3.8) is 0 Å². The van der Waals surface area contributed by atoms with Gasteiger partial charge in [0, 0.05) is 44.3 Å². The predicted octanol–water partition coefficient (Wildman–Crippen LogP) is 1.23. The van der Waals surface area contributed by atoms with Crippen LogP contribution in [0.15, 0.2) is 6.20 Å². The molecule has 0 radical (unpaired) electrons. The standard InChI is InChI=1S/C14H23N5O4.C2H6/c1-16-4-6-17(7-5-16)3-2-8-22-12-9-18-10-13(19(20)21)15-14(18)23-11-12;1-2/h10,12H,2-9,11H2,1H3;1-2H3. The normalized spacial score (nSPS) is 21.0. The number of likely N-dealkylation sites (N-methyl/N-ethyl adjacent to an activating group) is 1. The number of imidazole rings is 1. The number of piperazine rings is 1. The van der Waals surface area contributed by atoms with E-state index in [2.05, 4.69) is 21.8 Å². The highest BCUT2D eigenvalue weighted by Gasteiger charge is 2.28. The lowest BCUT2D eigenvalue weighted by molar-refractivity contribution is -0.389. The second-order valence-electron chi connectivity index (χ2n) is 6.09. The minimum Gasteiger partial charge on any atom is -0.443 e. The van der Waals surface area contributed by atoms with Gasteiger partial charge in [-0.05, 0) is 18.4 Å². The lowest BCUT2D eigenvalue weighted by atomic mass is 10.3. The van der Waals surface area contributed by atoms with E-state index in [1.165, 1.54) is 6.20 Å². The van der Waals surface area contributed by atoms with Crippen molar-refractivity contribution >= 4 is 5.82 Å². The molecular weight excluding hydrogens is 326 g/mol. The molecule has 9 heteroatoms. The van der Waals surface area contributed by atoms with Crippen LogP contribution in [0.1, 0.15) is 20.3 Å². The average molecular weight is 355 g/mol. The Hall–Kier alpha value is -1.71. The third kappa shape index (κ3) is 5.65. The van der Waals surface area contributed by atoms with Gasteiger partial charge in [0.2, 0.25) is 0 Å². The maximum atomic E-state index is 10.7. The Morgan fingerprint density at radius 2 is 2.08 bits per heavy atom. The third-order valence-corrected chi connectivity index (χ3v) is 4.28. The number of aromatic nitrogens is 2. The molecule has 0 amide bonds. The van der Waals surface area contributed by atoms with E-state index in [1.54, 1.807) is 4.57 Å². The van der Waals surface area contributed by atoms with Gasteiger partial charge in [0.25, 0.3) is 0 Å². The van der Waals surface area contributed by atoms with Gasteiger partial charge in [0.15, 0.2) is 0 Å². The summed E-state index contributed by atoms with van der Waals surface area (Å²) in [6.45, 7) is 11.1. The Bertz CT molecular complexity index is 543. The number of fused-ring (bicyclic) bond motifs is 1. The molecule has 0 aromatic carbocycles. The van der Waals surface area contributed by atoms with Gasteiger partial charge in [-0.1, -0.05) is 13.8 Å². The summed E-state index contributed by atoms with van der Waals surface area (Å²) in [4.78, 5) is 18.8. The van der Waals surface area contributed by atoms with Crippen molar-refractivity contribution in [2.75, 3.05) is 53.0 Å². The van der Waals surface area contributed by atoms with Gasteiger partial charge < -0.3 is 29.4 Å². The molecule has 1 fully saturated rings. The molecule has 0 saturated carbocycles. The van der Waals surface area contributed by atoms with E-state index in [9.17, 15) is 10.1 Å². The lowest BCUT2D eigenvalue weighted by Gasteiger charge is -2.32. The first-order chi connectivity index (χ1) is 12.1. The van der Waals surface area contributed by atoms with E-state index in [4.69, 9.17) is 9.47 Å². The Kier molecular flexibility index (Phi) is 7.60. The van der Waals surface area contributed by atoms with Gasteiger partial charge in [-0.25, -0.2) is 0 Å². The zero-order valence-corrected chi connectivity index (χ0v) is 15.4. The number of ether oxygens (including phenoxy) is 2. The predicted molar refractivity (Wildman–Crippen MR) is 94.0 cm³/mol. The molecule has 1 atom stereocenters. The molecule has 142 valence electrons. The van der Waals surface area contributed by atoms with Gasteiger partial charge in [-0.3, -0.25) is 4.57 Å². The molecule has 0 spiro atoms. The summed E-state index contributed by atoms with van der Waals surface area (Å²) in [5.74, 6) is -0.185. The minimum absolute atomic E-state index is 0.0798. The molecule has 1 saturated heterocycles. The summed E-state index contributed by atoms with van der Waals surface area (Å²) in [6, 6.07) is 0.300. The molecule has 3 rings (SSSR count). The Morgan fingerprint density at radius 3 is 2.76 bits per heavy atom. The molecule has 1 aromatic rings. The topological polar surface area (TPSA) is 85.9 Å². The van der Waals surface area contributed by atoms with E-state index in [1.807, 2.05) is 13.8 Å². The maximum absolute atomic E-state index is 10.7. The van der Waals surface area contributed by atoms with E-state index in [0.29, 0.717) is 25.8 Å². The summed E-state index contributed by atoms with van der Waals surface area (Å²) in [6.07, 6.45) is 2.30. The molecule has 1 unspecified atom stereocenters. The van der Waals surface area contributed by atoms with Gasteiger partial charge in [0.05, 0.1) is 6.54 Å². The highest BCUT2D eigenvalue weighted by atomic mass is 16.6. The Balaban J connectivity index is 0.00000109. The molecule has 25 heavy (non-hydrogen) atoms. The average Bonchev–Trinajstić information content (AvgIpc) is 3.06. The summed E-state index contributed by atoms with van der Waals surface area (Å²) >= 11 is 0. The van der Waals surface area contributed by atoms with Crippen molar-refractivity contribution < 1.29 is 14.4 Å². The summed E-state index contributed by atoms with van der Waals surface area (Å²) < 4.78 is 12.9. The molecule has 3 heterocycles. The van der Waals surface area contributed by atoms with Gasteiger partial charge in [-0.15, -0.1) is 0 Å². The quantitative estimate of drug-likeness (QED) is 0.431. The molecule has 9 nitrogen and oxygen atoms in total. The van der Waals surface area contributed by atoms with Gasteiger partial charge in [0.1, 0.15) is 18.9 Å². The third-order valence-electron chi connectivity index (χ3n) is 4.28. The molecule has 2 aliphatic heterocycles. The molecule has 0 bridgehead atoms. The molecule has 1 aromatic heterocycles. The van der Waals surface area contributed by atoms with Crippen LogP contribution in [0.5, 0.6) is 6.01 Å². The van der Waals surface area contributed by atoms with Crippen molar-refractivity contribution in [3.8, 4) is 6.01 Å². The summed E-state index contributed by atoms with van der Waals surface area (Å²) in [5, 5.41) is 10.7. The van der Waals surface area contributed by atoms with Crippen LogP contribution in [-0.2, 0) is 11.3 Å². The van der Waals surface area contributed by atoms with Crippen LogP contribution >= 0.6 is 0 Å². The van der Waals surface area contributed by atoms with Crippen LogP contribution in [0.3, 0.4) is 0 Å². The van der Waals surface area contributed by atoms with Crippen molar-refractivity contribution in [1.29, 1.82) is 0 Å². The zero-order valence-electron chi connectivity index (χ0n) is 15.4. The SMILES string of the molecule is CC.CN1CCN(CCCOC2COc3nc([N+](=O)[O-])cn3C2)CC1. The van der Waals surface area contributed by atoms with Crippen LogP contribution < -0.4 is 4.74 Å². The van der Waals surface area contributed by atoms with E-state index in [0.717, 1.165) is 39.1 Å². The highest BCUT2D eigenvalue weighted by molar-refractivity contribution is 5.21. The van der Waals surface area contributed by atoms with Crippen molar-refractivity contribution in [2.24, 2.45) is 0 Å². The van der Waals surface area contributed by atoms with Crippen LogP contribution in [0.2, 0.25) is 0 Å². The number of nitro groups is 1. The van der Waals surface area contributed by atoms with Crippen molar-refractivity contribution in [2.45, 2.75) is 32.9 Å². The van der Waals surface area contributed by atoms with Crippen LogP contribution in [0.4, 0.5) is 5.82 Å². The first-order valence-corrected chi connectivity index (χ1v) is 8.98. The minimum atomic E-state index is -0.513. The van der Waals surface area contributed by atoms with Crippen molar-refractivity contribution in [1.82, 2.24) is 19.4 Å². The number of hydrogen-bond donors (Lipinski definition) is 0. The first-order valence-electron chi connectivity index (χ1n) is 8.98. The fraction of sp³-hybridized carbons (Fsp3) is 0.812. The second kappa shape index (κ2) is 9.69. The van der Waals surface area contributed by atoms with E-state index >= 15 is 0 Å². The van der Waals surface area contributed by atoms with Crippen LogP contribution in [-0.4, -0.2) is 83.4 Å². The van der Waals surface area contributed by atoms with Crippen molar-refractivity contribution in [3.05, 3.63) is 16.3 Å². The van der Waals surface area contributed by atoms with E-state index < -0.39 is 4.92 Å². The van der Waals surface area contributed by atoms with Gasteiger partial charge >= 0.3 is 11.8 Å². The molecule has 0 N–H and O–H groups in total. The molecule has 2 aliphatic rings. The number of nitrogens with zero attached hydrogens (tertiary/aromatic N) is 5. The second-order valence-corrected chi connectivity index (χ2v) is 6.09. The smallest absolute Gasteiger partial charge is 0.414 e. The highest BCUT2D eigenvalue weighted by Crippen LogP contribution is 2.22. The monoisotopic (exact) mass is 355 g/mol. The summed E-state index contributed by atoms with van der Waals surface area (Å²) in [5.41, 5.74) is 0. The Labute approximate surface area is 148 Å². The first kappa shape index (κ1) is 19.6. The largest absolute Gasteiger partial charge is 0.443 e. The van der Waals surface area contributed by atoms with E-state index in [-0.39, 0.29) is 11.9 Å². The number of hydrogen-bond acceptors (Lipinski definition) is 7. The lowest BCUT2D eigenvalue weighted by Crippen LogP contribution is -2.44. The number of rotatable bonds is 6. The molecular formula is C16H29N5O4. The van der Waals surface area contributed by atoms with Gasteiger partial charge in [-0.2, -0.15) is 0 Å². The van der Waals surface area contributed by atoms with Crippen LogP contribution in [0, 0.1) is 10.1 Å². The molecule has 0 aliphatic carbocycles.